The Balaban J connectivity index is 1.19. The third kappa shape index (κ3) is 6.28. The number of benzene rings is 3. The summed E-state index contributed by atoms with van der Waals surface area (Å²) in [5.41, 5.74) is 5.13. The molecule has 1 amide bonds. The van der Waals surface area contributed by atoms with Gasteiger partial charge in [-0.15, -0.1) is 0 Å². The third-order valence-electron chi connectivity index (χ3n) is 5.74. The van der Waals surface area contributed by atoms with Crippen molar-refractivity contribution >= 4 is 16.8 Å². The number of amides is 1. The van der Waals surface area contributed by atoms with Crippen LogP contribution in [0.1, 0.15) is 22.3 Å². The lowest BCUT2D eigenvalue weighted by molar-refractivity contribution is 0.0754. The molecule has 0 saturated heterocycles. The van der Waals surface area contributed by atoms with Crippen molar-refractivity contribution in [1.29, 1.82) is 0 Å². The Bertz CT molecular complexity index is 1290. The smallest absolute Gasteiger partial charge is 0.284 e. The summed E-state index contributed by atoms with van der Waals surface area (Å²) in [5.74, 6) is 2.17. The zero-order valence-electron chi connectivity index (χ0n) is 20.5. The number of hydroxylamine groups is 1. The van der Waals surface area contributed by atoms with Crippen molar-refractivity contribution in [2.24, 2.45) is 0 Å². The second-order valence-electron chi connectivity index (χ2n) is 8.12. The number of H-pyrrole nitrogens is 1. The largest absolute Gasteiger partial charge is 0.493 e. The lowest BCUT2D eigenvalue weighted by atomic mass is 10.1. The summed E-state index contributed by atoms with van der Waals surface area (Å²) in [7, 11) is 3.27. The van der Waals surface area contributed by atoms with E-state index in [1.165, 1.54) is 5.56 Å². The molecule has 4 rings (SSSR count). The first-order chi connectivity index (χ1) is 17.7. The Hall–Kier alpha value is -4.17. The molecule has 8 nitrogen and oxygen atoms in total. The molecular formula is C28H31N3O5. The standard InChI is InChI=1S/C28H31N3O5/c1-33-24-12-11-20(19-27(24)34-2)13-16-29-15-6-18-35-25-9-3-4-10-26(25)36-31-28(32)22-7-5-8-23-21(22)14-17-30-23/h3-5,7-12,14,17,19,29-30H,6,13,15-16,18H2,1-2H3,(H,31,32). The van der Waals surface area contributed by atoms with E-state index in [-0.39, 0.29) is 5.91 Å². The minimum absolute atomic E-state index is 0.325. The molecule has 0 aliphatic heterocycles. The molecule has 0 radical (unpaired) electrons. The van der Waals surface area contributed by atoms with E-state index in [0.717, 1.165) is 48.3 Å². The van der Waals surface area contributed by atoms with Crippen molar-refractivity contribution in [3.05, 3.63) is 84.1 Å². The molecule has 0 bridgehead atoms. The average Bonchev–Trinajstić information content (AvgIpc) is 3.40. The quantitative estimate of drug-likeness (QED) is 0.189. The molecule has 0 fully saturated rings. The van der Waals surface area contributed by atoms with Gasteiger partial charge in [-0.1, -0.05) is 24.3 Å². The van der Waals surface area contributed by atoms with E-state index in [2.05, 4.69) is 15.8 Å². The number of carbonyl (C=O) groups excluding carboxylic acids is 1. The molecule has 0 atom stereocenters. The van der Waals surface area contributed by atoms with Gasteiger partial charge in [0.25, 0.3) is 5.91 Å². The Kier molecular flexibility index (Phi) is 8.67. The molecule has 8 heteroatoms. The van der Waals surface area contributed by atoms with Crippen LogP contribution in [-0.2, 0) is 6.42 Å². The molecule has 4 aromatic rings. The molecule has 0 spiro atoms. The fourth-order valence-corrected chi connectivity index (χ4v) is 3.87. The summed E-state index contributed by atoms with van der Waals surface area (Å²) < 4.78 is 16.5. The van der Waals surface area contributed by atoms with Crippen LogP contribution >= 0.6 is 0 Å². The normalized spacial score (nSPS) is 10.7. The van der Waals surface area contributed by atoms with Crippen LogP contribution in [0.15, 0.2) is 72.9 Å². The lowest BCUT2D eigenvalue weighted by Gasteiger charge is -2.13. The van der Waals surface area contributed by atoms with Crippen molar-refractivity contribution in [1.82, 2.24) is 15.8 Å². The summed E-state index contributed by atoms with van der Waals surface area (Å²) in [5, 5.41) is 4.26. The highest BCUT2D eigenvalue weighted by Gasteiger charge is 2.12. The highest BCUT2D eigenvalue weighted by atomic mass is 16.7. The Labute approximate surface area is 210 Å². The molecule has 0 aliphatic carbocycles. The molecular weight excluding hydrogens is 458 g/mol. The number of methoxy groups -OCH3 is 2. The number of hydrogen-bond acceptors (Lipinski definition) is 6. The van der Waals surface area contributed by atoms with Gasteiger partial charge in [-0.3, -0.25) is 4.79 Å². The van der Waals surface area contributed by atoms with Gasteiger partial charge >= 0.3 is 0 Å². The van der Waals surface area contributed by atoms with Crippen molar-refractivity contribution in [3.63, 3.8) is 0 Å². The fourth-order valence-electron chi connectivity index (χ4n) is 3.87. The van der Waals surface area contributed by atoms with Gasteiger partial charge in [0.2, 0.25) is 0 Å². The number of fused-ring (bicyclic) bond motifs is 1. The van der Waals surface area contributed by atoms with E-state index in [9.17, 15) is 4.79 Å². The zero-order valence-corrected chi connectivity index (χ0v) is 20.5. The van der Waals surface area contributed by atoms with Gasteiger partial charge in [0.15, 0.2) is 23.0 Å². The van der Waals surface area contributed by atoms with E-state index >= 15 is 0 Å². The predicted molar refractivity (Wildman–Crippen MR) is 139 cm³/mol. The van der Waals surface area contributed by atoms with E-state index < -0.39 is 0 Å². The van der Waals surface area contributed by atoms with Crippen LogP contribution in [0.2, 0.25) is 0 Å². The SMILES string of the molecule is COc1ccc(CCNCCCOc2ccccc2ONC(=O)c2cccc3[nH]ccc23)cc1OC. The summed E-state index contributed by atoms with van der Waals surface area (Å²) >= 11 is 0. The van der Waals surface area contributed by atoms with Crippen LogP contribution in [0.4, 0.5) is 0 Å². The second-order valence-corrected chi connectivity index (χ2v) is 8.12. The number of aromatic nitrogens is 1. The van der Waals surface area contributed by atoms with E-state index in [1.807, 2.05) is 54.6 Å². The number of para-hydroxylation sites is 2. The highest BCUT2D eigenvalue weighted by molar-refractivity contribution is 6.06. The first-order valence-electron chi connectivity index (χ1n) is 11.9. The van der Waals surface area contributed by atoms with Crippen molar-refractivity contribution in [2.45, 2.75) is 12.8 Å². The topological polar surface area (TPSA) is 93.8 Å². The van der Waals surface area contributed by atoms with Crippen molar-refractivity contribution in [2.75, 3.05) is 33.9 Å². The van der Waals surface area contributed by atoms with Crippen molar-refractivity contribution in [3.8, 4) is 23.0 Å². The summed E-state index contributed by atoms with van der Waals surface area (Å²) in [6.45, 7) is 2.17. The van der Waals surface area contributed by atoms with Crippen LogP contribution in [-0.4, -0.2) is 44.8 Å². The number of carbonyl (C=O) groups is 1. The maximum atomic E-state index is 12.7. The van der Waals surface area contributed by atoms with Crippen molar-refractivity contribution < 1.29 is 23.8 Å². The molecule has 36 heavy (non-hydrogen) atoms. The molecule has 3 N–H and O–H groups in total. The van der Waals surface area contributed by atoms with Gasteiger partial charge in [0.05, 0.1) is 26.4 Å². The Morgan fingerprint density at radius 2 is 1.69 bits per heavy atom. The number of hydrogen-bond donors (Lipinski definition) is 3. The van der Waals surface area contributed by atoms with Crippen LogP contribution in [0, 0.1) is 0 Å². The maximum absolute atomic E-state index is 12.7. The minimum atomic E-state index is -0.325. The first-order valence-corrected chi connectivity index (χ1v) is 11.9. The zero-order chi connectivity index (χ0) is 25.2. The third-order valence-corrected chi connectivity index (χ3v) is 5.74. The number of ether oxygens (including phenoxy) is 3. The van der Waals surface area contributed by atoms with Gasteiger partial charge in [-0.2, -0.15) is 5.48 Å². The maximum Gasteiger partial charge on any atom is 0.284 e. The van der Waals surface area contributed by atoms with Gasteiger partial charge < -0.3 is 29.3 Å². The van der Waals surface area contributed by atoms with Crippen LogP contribution in [0.3, 0.4) is 0 Å². The lowest BCUT2D eigenvalue weighted by Crippen LogP contribution is -2.27. The summed E-state index contributed by atoms with van der Waals surface area (Å²) in [4.78, 5) is 21.3. The van der Waals surface area contributed by atoms with Gasteiger partial charge in [0.1, 0.15) is 0 Å². The van der Waals surface area contributed by atoms with Crippen LogP contribution in [0.5, 0.6) is 23.0 Å². The molecule has 0 saturated carbocycles. The first kappa shape index (κ1) is 24.9. The van der Waals surface area contributed by atoms with E-state index in [1.54, 1.807) is 32.5 Å². The van der Waals surface area contributed by atoms with E-state index in [4.69, 9.17) is 19.0 Å². The molecule has 1 aromatic heterocycles. The molecule has 0 aliphatic rings. The monoisotopic (exact) mass is 489 g/mol. The van der Waals surface area contributed by atoms with Gasteiger partial charge in [0, 0.05) is 17.1 Å². The van der Waals surface area contributed by atoms with Crippen LogP contribution in [0.25, 0.3) is 10.9 Å². The summed E-state index contributed by atoms with van der Waals surface area (Å²) in [6, 6.07) is 20.6. The van der Waals surface area contributed by atoms with Gasteiger partial charge in [-0.05, 0) is 74.0 Å². The highest BCUT2D eigenvalue weighted by Crippen LogP contribution is 2.28. The van der Waals surface area contributed by atoms with E-state index in [0.29, 0.717) is 23.7 Å². The Morgan fingerprint density at radius 1 is 0.861 bits per heavy atom. The second kappa shape index (κ2) is 12.5. The van der Waals surface area contributed by atoms with Gasteiger partial charge in [-0.25, -0.2) is 0 Å². The molecule has 188 valence electrons. The fraction of sp³-hybridized carbons (Fsp3) is 0.250. The number of aromatic amines is 1. The molecule has 0 unspecified atom stereocenters. The molecule has 3 aromatic carbocycles. The predicted octanol–water partition coefficient (Wildman–Crippen LogP) is 4.51. The Morgan fingerprint density at radius 3 is 2.53 bits per heavy atom. The summed E-state index contributed by atoms with van der Waals surface area (Å²) in [6.07, 6.45) is 3.51. The molecule has 1 heterocycles. The number of nitrogens with one attached hydrogen (secondary N) is 3. The number of rotatable bonds is 13. The average molecular weight is 490 g/mol. The van der Waals surface area contributed by atoms with Crippen LogP contribution < -0.4 is 29.8 Å². The minimum Gasteiger partial charge on any atom is -0.493 e.